The molecule has 0 fully saturated rings. The second-order valence-electron chi connectivity index (χ2n) is 5.79. The lowest BCUT2D eigenvalue weighted by molar-refractivity contribution is -0.671. The van der Waals surface area contributed by atoms with Gasteiger partial charge >= 0.3 is 0 Å². The topological polar surface area (TPSA) is 68.9 Å². The molecule has 0 aliphatic heterocycles. The molecule has 142 valence electrons. The highest BCUT2D eigenvalue weighted by atomic mass is 127. The summed E-state index contributed by atoms with van der Waals surface area (Å²) in [7, 11) is 6.38. The Hall–Kier alpha value is -2.55. The van der Waals surface area contributed by atoms with Gasteiger partial charge in [-0.05, 0) is 35.7 Å². The van der Waals surface area contributed by atoms with Crippen LogP contribution >= 0.6 is 0 Å². The maximum absolute atomic E-state index is 13.1. The van der Waals surface area contributed by atoms with E-state index in [9.17, 15) is 9.90 Å². The summed E-state index contributed by atoms with van der Waals surface area (Å²) in [5.74, 6) is 1.14. The molecule has 3 rings (SSSR count). The number of methoxy groups -OCH3 is 3. The second kappa shape index (κ2) is 8.43. The number of ketones is 1. The van der Waals surface area contributed by atoms with Crippen molar-refractivity contribution in [1.29, 1.82) is 0 Å². The number of pyridine rings is 1. The molecule has 1 heterocycles. The third-order valence-corrected chi connectivity index (χ3v) is 4.30. The van der Waals surface area contributed by atoms with Crippen LogP contribution in [-0.2, 0) is 7.05 Å². The number of fused-ring (bicyclic) bond motifs is 1. The predicted molar refractivity (Wildman–Crippen MR) is 96.3 cm³/mol. The van der Waals surface area contributed by atoms with E-state index in [0.29, 0.717) is 28.5 Å². The van der Waals surface area contributed by atoms with Gasteiger partial charge in [0.25, 0.3) is 11.5 Å². The van der Waals surface area contributed by atoms with Gasteiger partial charge in [0.05, 0.1) is 26.7 Å². The van der Waals surface area contributed by atoms with Crippen LogP contribution in [-0.4, -0.2) is 32.2 Å². The minimum Gasteiger partial charge on any atom is -1.00 e. The summed E-state index contributed by atoms with van der Waals surface area (Å²) >= 11 is 0. The van der Waals surface area contributed by atoms with Crippen LogP contribution < -0.4 is 42.8 Å². The molecule has 2 aromatic carbocycles. The number of phenolic OH excluding ortho intramolecular Hbond substituents is 1. The van der Waals surface area contributed by atoms with Crippen LogP contribution in [0.3, 0.4) is 0 Å². The lowest BCUT2D eigenvalue weighted by atomic mass is 10.0. The molecule has 3 aromatic rings. The number of carbonyl (C=O) groups excluding carboxylic acids is 1. The minimum absolute atomic E-state index is 0. The highest BCUT2D eigenvalue weighted by Crippen LogP contribution is 2.34. The van der Waals surface area contributed by atoms with Crippen molar-refractivity contribution in [2.45, 2.75) is 0 Å². The monoisotopic (exact) mass is 481 g/mol. The molecule has 0 spiro atoms. The van der Waals surface area contributed by atoms with E-state index in [-0.39, 0.29) is 35.5 Å². The molecule has 0 unspecified atom stereocenters. The van der Waals surface area contributed by atoms with E-state index in [2.05, 4.69) is 0 Å². The number of aromatic hydroxyl groups is 1. The van der Waals surface area contributed by atoms with Crippen molar-refractivity contribution >= 4 is 16.6 Å². The van der Waals surface area contributed by atoms with Crippen molar-refractivity contribution in [3.8, 4) is 23.0 Å². The summed E-state index contributed by atoms with van der Waals surface area (Å²) in [5.41, 5.74) is 0.842. The molecule has 0 amide bonds. The Balaban J connectivity index is 0.00000261. The maximum Gasteiger partial charge on any atom is 0.261 e. The van der Waals surface area contributed by atoms with Crippen molar-refractivity contribution < 1.29 is 52.7 Å². The number of benzene rings is 2. The molecule has 6 nitrogen and oxygen atoms in total. The smallest absolute Gasteiger partial charge is 0.261 e. The number of rotatable bonds is 5. The van der Waals surface area contributed by atoms with E-state index in [1.165, 1.54) is 13.2 Å². The lowest BCUT2D eigenvalue weighted by Gasteiger charge is -2.11. The van der Waals surface area contributed by atoms with E-state index in [1.54, 1.807) is 44.0 Å². The van der Waals surface area contributed by atoms with Crippen LogP contribution in [0.4, 0.5) is 0 Å². The van der Waals surface area contributed by atoms with Crippen molar-refractivity contribution in [3.63, 3.8) is 0 Å². The highest BCUT2D eigenvalue weighted by Gasteiger charge is 2.25. The van der Waals surface area contributed by atoms with Crippen molar-refractivity contribution in [3.05, 3.63) is 53.9 Å². The van der Waals surface area contributed by atoms with Crippen LogP contribution in [0.1, 0.15) is 16.1 Å². The number of carbonyl (C=O) groups is 1. The summed E-state index contributed by atoms with van der Waals surface area (Å²) in [6, 6.07) is 10.1. The van der Waals surface area contributed by atoms with Gasteiger partial charge in [-0.2, -0.15) is 4.57 Å². The molecule has 1 N–H and O–H groups in total. The van der Waals surface area contributed by atoms with Gasteiger partial charge in [0.15, 0.2) is 29.2 Å². The lowest BCUT2D eigenvalue weighted by Crippen LogP contribution is -3.00. The Morgan fingerprint density at radius 1 is 0.926 bits per heavy atom. The average molecular weight is 481 g/mol. The minimum atomic E-state index is -0.219. The van der Waals surface area contributed by atoms with Gasteiger partial charge < -0.3 is 43.3 Å². The van der Waals surface area contributed by atoms with Gasteiger partial charge in [0.1, 0.15) is 7.05 Å². The van der Waals surface area contributed by atoms with Crippen molar-refractivity contribution in [1.82, 2.24) is 0 Å². The zero-order valence-electron chi connectivity index (χ0n) is 15.4. The molecule has 7 heteroatoms. The van der Waals surface area contributed by atoms with Gasteiger partial charge in [0.2, 0.25) is 0 Å². The van der Waals surface area contributed by atoms with Crippen LogP contribution in [0.5, 0.6) is 23.0 Å². The molecule has 0 radical (unpaired) electrons. The molecule has 27 heavy (non-hydrogen) atoms. The number of aryl methyl sites for hydroxylation is 1. The third kappa shape index (κ3) is 3.78. The Morgan fingerprint density at radius 3 is 2.15 bits per heavy atom. The summed E-state index contributed by atoms with van der Waals surface area (Å²) in [6.45, 7) is 0. The predicted octanol–water partition coefficient (Wildman–Crippen LogP) is -0.369. The number of ether oxygens (including phenoxy) is 3. The van der Waals surface area contributed by atoms with E-state index < -0.39 is 0 Å². The fourth-order valence-electron chi connectivity index (χ4n) is 2.94. The molecule has 0 aliphatic carbocycles. The van der Waals surface area contributed by atoms with Gasteiger partial charge in [-0.15, -0.1) is 0 Å². The number of phenols is 1. The standard InChI is InChI=1S/C20H19NO5.HI/c1-21-8-7-12-10-17(25-3)18(26-4)11-14(12)19(21)20(23)13-5-6-16(24-2)15(22)9-13;/h5-11H,1-4H3;1H. The molecule has 0 saturated carbocycles. The van der Waals surface area contributed by atoms with E-state index in [1.807, 2.05) is 18.3 Å². The van der Waals surface area contributed by atoms with Gasteiger partial charge in [-0.1, -0.05) is 0 Å². The number of hydrogen-bond donors (Lipinski definition) is 1. The van der Waals surface area contributed by atoms with Crippen molar-refractivity contribution in [2.24, 2.45) is 7.05 Å². The van der Waals surface area contributed by atoms with Crippen LogP contribution in [0.25, 0.3) is 10.8 Å². The fraction of sp³-hybridized carbons (Fsp3) is 0.200. The number of aromatic nitrogens is 1. The number of hydrogen-bond acceptors (Lipinski definition) is 5. The van der Waals surface area contributed by atoms with Crippen LogP contribution in [0, 0.1) is 0 Å². The van der Waals surface area contributed by atoms with Crippen LogP contribution in [0.15, 0.2) is 42.6 Å². The SMILES string of the molecule is COc1ccc(C(=O)c2c3cc(OC)c(OC)cc3cc[n+]2C)cc1O.[I-]. The number of nitrogens with zero attached hydrogens (tertiary/aromatic N) is 1. The normalized spacial score (nSPS) is 10.2. The summed E-state index contributed by atoms with van der Waals surface area (Å²) in [6.07, 6.45) is 1.81. The summed E-state index contributed by atoms with van der Waals surface area (Å²) in [4.78, 5) is 13.1. The molecule has 0 atom stereocenters. The highest BCUT2D eigenvalue weighted by molar-refractivity contribution is 6.14. The van der Waals surface area contributed by atoms with Crippen LogP contribution in [0.2, 0.25) is 0 Å². The molecule has 0 bridgehead atoms. The summed E-state index contributed by atoms with van der Waals surface area (Å²) < 4.78 is 17.5. The first kappa shape index (κ1) is 20.8. The first-order valence-electron chi connectivity index (χ1n) is 7.96. The molecule has 0 saturated heterocycles. The number of halogens is 1. The van der Waals surface area contributed by atoms with E-state index >= 15 is 0 Å². The van der Waals surface area contributed by atoms with Gasteiger partial charge in [-0.3, -0.25) is 4.79 Å². The zero-order valence-corrected chi connectivity index (χ0v) is 17.6. The average Bonchev–Trinajstić information content (AvgIpc) is 2.66. The van der Waals surface area contributed by atoms with E-state index in [4.69, 9.17) is 14.2 Å². The quantitative estimate of drug-likeness (QED) is 0.306. The van der Waals surface area contributed by atoms with Gasteiger partial charge in [0, 0.05) is 11.6 Å². The molecular formula is C20H20INO5. The summed E-state index contributed by atoms with van der Waals surface area (Å²) in [5, 5.41) is 11.6. The Morgan fingerprint density at radius 2 is 1.56 bits per heavy atom. The second-order valence-corrected chi connectivity index (χ2v) is 5.79. The Labute approximate surface area is 174 Å². The van der Waals surface area contributed by atoms with E-state index in [0.717, 1.165) is 10.8 Å². The first-order valence-corrected chi connectivity index (χ1v) is 7.96. The third-order valence-electron chi connectivity index (χ3n) is 4.30. The molecular weight excluding hydrogens is 461 g/mol. The molecule has 0 aliphatic rings. The van der Waals surface area contributed by atoms with Crippen molar-refractivity contribution in [2.75, 3.05) is 21.3 Å². The Kier molecular flexibility index (Phi) is 6.48. The zero-order chi connectivity index (χ0) is 18.8. The largest absolute Gasteiger partial charge is 1.00 e. The fourth-order valence-corrected chi connectivity index (χ4v) is 2.94. The van der Waals surface area contributed by atoms with Gasteiger partial charge in [-0.25, -0.2) is 0 Å². The molecule has 1 aromatic heterocycles. The maximum atomic E-state index is 13.1. The Bertz CT molecular complexity index is 1000. The first-order chi connectivity index (χ1) is 12.5.